The number of aromatic nitrogens is 2. The number of carboxylic acid groups (broad SMARTS) is 1. The number of likely N-dealkylation sites (tertiary alicyclic amines) is 1. The molecule has 10 heteroatoms. The van der Waals surface area contributed by atoms with Crippen molar-refractivity contribution in [2.75, 3.05) is 19.0 Å². The first kappa shape index (κ1) is 20.9. The molecule has 4 rings (SSSR count). The summed E-state index contributed by atoms with van der Waals surface area (Å²) in [6.45, 7) is 2.28. The quantitative estimate of drug-likeness (QED) is 0.592. The molecule has 1 amide bonds. The zero-order valence-corrected chi connectivity index (χ0v) is 17.8. The molecule has 1 atom stereocenters. The Labute approximate surface area is 183 Å². The van der Waals surface area contributed by atoms with Gasteiger partial charge < -0.3 is 24.5 Å². The summed E-state index contributed by atoms with van der Waals surface area (Å²) in [6, 6.07) is 6.76. The van der Waals surface area contributed by atoms with E-state index in [9.17, 15) is 14.7 Å². The first-order valence-electron chi connectivity index (χ1n) is 9.70. The Bertz CT molecular complexity index is 1160. The second-order valence-corrected chi connectivity index (χ2v) is 7.94. The molecule has 3 aromatic rings. The predicted molar refractivity (Wildman–Crippen MR) is 113 cm³/mol. The number of halogens is 1. The summed E-state index contributed by atoms with van der Waals surface area (Å²) in [5, 5.41) is 13.2. The maximum atomic E-state index is 13.1. The van der Waals surface area contributed by atoms with Crippen molar-refractivity contribution in [3.05, 3.63) is 46.7 Å². The number of fused-ring (bicyclic) bond motifs is 1. The van der Waals surface area contributed by atoms with Crippen LogP contribution in [0.4, 0.5) is 6.01 Å². The highest BCUT2D eigenvalue weighted by atomic mass is 35.5. The number of rotatable bonds is 6. The second kappa shape index (κ2) is 8.07. The van der Waals surface area contributed by atoms with Gasteiger partial charge in [-0.15, -0.1) is 0 Å². The van der Waals surface area contributed by atoms with Gasteiger partial charge >= 0.3 is 5.97 Å². The summed E-state index contributed by atoms with van der Waals surface area (Å²) in [6.07, 6.45) is 2.64. The van der Waals surface area contributed by atoms with Crippen LogP contribution in [0.1, 0.15) is 35.8 Å². The maximum Gasteiger partial charge on any atom is 0.329 e. The van der Waals surface area contributed by atoms with Gasteiger partial charge in [-0.25, -0.2) is 4.79 Å². The third kappa shape index (κ3) is 3.88. The van der Waals surface area contributed by atoms with E-state index in [0.717, 1.165) is 0 Å². The zero-order chi connectivity index (χ0) is 22.2. The molecule has 31 heavy (non-hydrogen) atoms. The van der Waals surface area contributed by atoms with Crippen LogP contribution in [-0.4, -0.2) is 51.0 Å². The third-order valence-electron chi connectivity index (χ3n) is 5.47. The van der Waals surface area contributed by atoms with Crippen molar-refractivity contribution >= 4 is 40.6 Å². The summed E-state index contributed by atoms with van der Waals surface area (Å²) in [5.74, 6) is -1.07. The van der Waals surface area contributed by atoms with Gasteiger partial charge in [-0.2, -0.15) is 4.98 Å². The van der Waals surface area contributed by atoms with E-state index < -0.39 is 11.5 Å². The largest absolute Gasteiger partial charge is 0.493 e. The monoisotopic (exact) mass is 444 g/mol. The minimum absolute atomic E-state index is 0.233. The third-order valence-corrected chi connectivity index (χ3v) is 5.70. The lowest BCUT2D eigenvalue weighted by Gasteiger charge is -2.31. The van der Waals surface area contributed by atoms with Crippen molar-refractivity contribution in [2.24, 2.45) is 0 Å². The van der Waals surface area contributed by atoms with Gasteiger partial charge in [0.2, 0.25) is 0 Å². The number of nitrogens with one attached hydrogen (secondary N) is 1. The molecule has 1 fully saturated rings. The molecule has 1 aliphatic rings. The van der Waals surface area contributed by atoms with E-state index in [4.69, 9.17) is 20.8 Å². The van der Waals surface area contributed by atoms with E-state index in [2.05, 4.69) is 15.3 Å². The highest BCUT2D eigenvalue weighted by molar-refractivity contribution is 6.30. The number of ether oxygens (including phenoxy) is 1. The summed E-state index contributed by atoms with van der Waals surface area (Å²) < 4.78 is 11.1. The predicted octanol–water partition coefficient (Wildman–Crippen LogP) is 3.58. The minimum atomic E-state index is -1.24. The molecule has 1 unspecified atom stereocenters. The Hall–Kier alpha value is -3.33. The molecule has 1 saturated heterocycles. The van der Waals surface area contributed by atoms with Gasteiger partial charge in [0.15, 0.2) is 11.3 Å². The summed E-state index contributed by atoms with van der Waals surface area (Å²) >= 11 is 5.97. The standard InChI is InChI=1S/C21H21ClN4O5/c1-21(19(28)29)5-3-7-26(21)18(27)12-8-15-17(16(9-12)30-2)31-20(25-15)24-11-14-10-13(22)4-6-23-14/h4,6,8-10H,3,5,7,11H2,1-2H3,(H,24,25)(H,28,29). The molecule has 0 spiro atoms. The number of hydrogen-bond acceptors (Lipinski definition) is 7. The highest BCUT2D eigenvalue weighted by Crippen LogP contribution is 2.34. The lowest BCUT2D eigenvalue weighted by molar-refractivity contribution is -0.147. The average molecular weight is 445 g/mol. The number of pyridine rings is 1. The van der Waals surface area contributed by atoms with Gasteiger partial charge in [0, 0.05) is 23.3 Å². The van der Waals surface area contributed by atoms with Crippen molar-refractivity contribution in [2.45, 2.75) is 31.8 Å². The first-order valence-corrected chi connectivity index (χ1v) is 10.1. The van der Waals surface area contributed by atoms with Gasteiger partial charge in [-0.05, 0) is 44.0 Å². The Kier molecular flexibility index (Phi) is 5.45. The lowest BCUT2D eigenvalue weighted by atomic mass is 9.98. The number of benzene rings is 1. The second-order valence-electron chi connectivity index (χ2n) is 7.50. The van der Waals surface area contributed by atoms with Crippen LogP contribution in [0.25, 0.3) is 11.1 Å². The van der Waals surface area contributed by atoms with Crippen molar-refractivity contribution in [3.63, 3.8) is 0 Å². The van der Waals surface area contributed by atoms with Gasteiger partial charge in [-0.1, -0.05) is 11.6 Å². The van der Waals surface area contributed by atoms with Crippen LogP contribution in [0.5, 0.6) is 5.75 Å². The fourth-order valence-corrected chi connectivity index (χ4v) is 3.91. The number of carbonyl (C=O) groups excluding carboxylic acids is 1. The molecule has 0 aliphatic carbocycles. The van der Waals surface area contributed by atoms with E-state index in [1.165, 1.54) is 12.0 Å². The molecule has 0 bridgehead atoms. The molecule has 1 aromatic carbocycles. The fraction of sp³-hybridized carbons (Fsp3) is 0.333. The Morgan fingerprint density at radius 3 is 2.90 bits per heavy atom. The van der Waals surface area contributed by atoms with E-state index in [-0.39, 0.29) is 17.5 Å². The molecule has 9 nitrogen and oxygen atoms in total. The molecule has 2 aromatic heterocycles. The van der Waals surface area contributed by atoms with Crippen molar-refractivity contribution in [3.8, 4) is 5.75 Å². The number of carboxylic acids is 1. The number of amides is 1. The van der Waals surface area contributed by atoms with E-state index >= 15 is 0 Å². The molecule has 0 radical (unpaired) electrons. The van der Waals surface area contributed by atoms with Gasteiger partial charge in [0.1, 0.15) is 11.1 Å². The van der Waals surface area contributed by atoms with E-state index in [0.29, 0.717) is 53.5 Å². The van der Waals surface area contributed by atoms with Crippen LogP contribution in [0, 0.1) is 0 Å². The van der Waals surface area contributed by atoms with Crippen molar-refractivity contribution < 1.29 is 23.8 Å². The van der Waals surface area contributed by atoms with Crippen molar-refractivity contribution in [1.29, 1.82) is 0 Å². The van der Waals surface area contributed by atoms with Gasteiger partial charge in [-0.3, -0.25) is 9.78 Å². The number of carbonyl (C=O) groups is 2. The summed E-state index contributed by atoms with van der Waals surface area (Å²) in [4.78, 5) is 34.9. The Morgan fingerprint density at radius 1 is 1.39 bits per heavy atom. The molecule has 0 saturated carbocycles. The number of nitrogens with zero attached hydrogens (tertiary/aromatic N) is 3. The minimum Gasteiger partial charge on any atom is -0.493 e. The van der Waals surface area contributed by atoms with E-state index in [1.807, 2.05) is 0 Å². The van der Waals surface area contributed by atoms with Gasteiger partial charge in [0.25, 0.3) is 11.9 Å². The maximum absolute atomic E-state index is 13.1. The summed E-state index contributed by atoms with van der Waals surface area (Å²) in [5.41, 5.74) is 0.554. The number of oxazole rings is 1. The average Bonchev–Trinajstić information content (AvgIpc) is 3.35. The fourth-order valence-electron chi connectivity index (χ4n) is 3.73. The topological polar surface area (TPSA) is 118 Å². The number of hydrogen-bond donors (Lipinski definition) is 2. The summed E-state index contributed by atoms with van der Waals surface area (Å²) in [7, 11) is 1.46. The Balaban J connectivity index is 1.62. The lowest BCUT2D eigenvalue weighted by Crippen LogP contribution is -2.50. The molecular weight excluding hydrogens is 424 g/mol. The molecule has 2 N–H and O–H groups in total. The highest BCUT2D eigenvalue weighted by Gasteiger charge is 2.46. The van der Waals surface area contributed by atoms with Crippen LogP contribution in [0.2, 0.25) is 5.02 Å². The normalized spacial score (nSPS) is 18.4. The number of anilines is 1. The van der Waals surface area contributed by atoms with E-state index in [1.54, 1.807) is 37.4 Å². The molecule has 3 heterocycles. The first-order chi connectivity index (χ1) is 14.8. The molecule has 162 valence electrons. The number of aliphatic carboxylic acids is 1. The van der Waals surface area contributed by atoms with Crippen molar-refractivity contribution in [1.82, 2.24) is 14.9 Å². The van der Waals surface area contributed by atoms with Crippen LogP contribution >= 0.6 is 11.6 Å². The smallest absolute Gasteiger partial charge is 0.329 e. The van der Waals surface area contributed by atoms with Crippen LogP contribution < -0.4 is 10.1 Å². The Morgan fingerprint density at radius 2 is 2.19 bits per heavy atom. The SMILES string of the molecule is COc1cc(C(=O)N2CCCC2(C)C(=O)O)cc2nc(NCc3cc(Cl)ccn3)oc12. The van der Waals surface area contributed by atoms with Gasteiger partial charge in [0.05, 0.1) is 19.3 Å². The zero-order valence-electron chi connectivity index (χ0n) is 17.0. The van der Waals surface area contributed by atoms with Crippen LogP contribution in [-0.2, 0) is 11.3 Å². The molecule has 1 aliphatic heterocycles. The molecular formula is C21H21ClN4O5. The van der Waals surface area contributed by atoms with Crippen LogP contribution in [0.3, 0.4) is 0 Å². The van der Waals surface area contributed by atoms with Crippen LogP contribution in [0.15, 0.2) is 34.9 Å². The number of methoxy groups -OCH3 is 1.